The van der Waals surface area contributed by atoms with E-state index in [1.54, 1.807) is 6.08 Å². The highest BCUT2D eigenvalue weighted by Gasteiger charge is 2.40. The lowest BCUT2D eigenvalue weighted by Gasteiger charge is -2.33. The van der Waals surface area contributed by atoms with Gasteiger partial charge in [-0.3, -0.25) is 4.79 Å². The highest BCUT2D eigenvalue weighted by Crippen LogP contribution is 2.28. The number of carboxylic acid groups (broad SMARTS) is 1. The van der Waals surface area contributed by atoms with Crippen molar-refractivity contribution in [2.24, 2.45) is 0 Å². The van der Waals surface area contributed by atoms with Crippen LogP contribution < -0.4 is 5.32 Å². The van der Waals surface area contributed by atoms with Crippen molar-refractivity contribution in [2.45, 2.75) is 50.5 Å². The zero-order valence-corrected chi connectivity index (χ0v) is 9.50. The molecular weight excluding hydrogens is 206 g/mol. The van der Waals surface area contributed by atoms with E-state index in [0.717, 1.165) is 19.3 Å². The predicted octanol–water partition coefficient (Wildman–Crippen LogP) is 1.86. The molecule has 0 aromatic heterocycles. The second-order valence-corrected chi connectivity index (χ2v) is 4.32. The molecule has 2 N–H and O–H groups in total. The van der Waals surface area contributed by atoms with E-state index in [2.05, 4.69) is 11.9 Å². The van der Waals surface area contributed by atoms with Gasteiger partial charge in [-0.05, 0) is 19.3 Å². The van der Waals surface area contributed by atoms with Crippen LogP contribution >= 0.6 is 0 Å². The molecule has 0 bridgehead atoms. The SMILES string of the molecule is C=CCCC(=O)NC1(C(=O)O)CCCCC1. The molecule has 0 unspecified atom stereocenters. The average Bonchev–Trinajstić information content (AvgIpc) is 2.27. The molecule has 4 nitrogen and oxygen atoms in total. The number of amides is 1. The highest BCUT2D eigenvalue weighted by molar-refractivity contribution is 5.87. The Bertz CT molecular complexity index is 280. The van der Waals surface area contributed by atoms with Crippen LogP contribution in [0.5, 0.6) is 0 Å². The normalized spacial score (nSPS) is 18.8. The van der Waals surface area contributed by atoms with Crippen LogP contribution in [0.25, 0.3) is 0 Å². The van der Waals surface area contributed by atoms with Crippen molar-refractivity contribution in [2.75, 3.05) is 0 Å². The van der Waals surface area contributed by atoms with Gasteiger partial charge in [0.15, 0.2) is 0 Å². The number of rotatable bonds is 5. The lowest BCUT2D eigenvalue weighted by molar-refractivity contribution is -0.149. The highest BCUT2D eigenvalue weighted by atomic mass is 16.4. The van der Waals surface area contributed by atoms with E-state index < -0.39 is 11.5 Å². The molecule has 0 heterocycles. The summed E-state index contributed by atoms with van der Waals surface area (Å²) in [5.41, 5.74) is -1.02. The fourth-order valence-electron chi connectivity index (χ4n) is 2.11. The summed E-state index contributed by atoms with van der Waals surface area (Å²) < 4.78 is 0. The van der Waals surface area contributed by atoms with Crippen LogP contribution in [0.1, 0.15) is 44.9 Å². The zero-order chi connectivity index (χ0) is 12.0. The van der Waals surface area contributed by atoms with Gasteiger partial charge in [0, 0.05) is 6.42 Å². The summed E-state index contributed by atoms with van der Waals surface area (Å²) in [6, 6.07) is 0. The second kappa shape index (κ2) is 5.68. The molecule has 1 fully saturated rings. The summed E-state index contributed by atoms with van der Waals surface area (Å²) in [5.74, 6) is -1.09. The Morgan fingerprint density at radius 2 is 1.94 bits per heavy atom. The Balaban J connectivity index is 2.60. The van der Waals surface area contributed by atoms with Gasteiger partial charge in [0.05, 0.1) is 0 Å². The first-order valence-corrected chi connectivity index (χ1v) is 5.76. The number of aliphatic carboxylic acids is 1. The minimum absolute atomic E-state index is 0.191. The van der Waals surface area contributed by atoms with Gasteiger partial charge in [-0.2, -0.15) is 0 Å². The van der Waals surface area contributed by atoms with Gasteiger partial charge in [0.25, 0.3) is 0 Å². The van der Waals surface area contributed by atoms with Crippen LogP contribution in [0.4, 0.5) is 0 Å². The number of nitrogens with one attached hydrogen (secondary N) is 1. The summed E-state index contributed by atoms with van der Waals surface area (Å²) in [7, 11) is 0. The van der Waals surface area contributed by atoms with E-state index >= 15 is 0 Å². The first-order valence-electron chi connectivity index (χ1n) is 5.76. The third kappa shape index (κ3) is 3.08. The molecule has 1 aliphatic rings. The van der Waals surface area contributed by atoms with Gasteiger partial charge in [-0.15, -0.1) is 6.58 Å². The van der Waals surface area contributed by atoms with Crippen LogP contribution in [-0.4, -0.2) is 22.5 Å². The monoisotopic (exact) mass is 225 g/mol. The van der Waals surface area contributed by atoms with E-state index in [1.165, 1.54) is 0 Å². The number of carbonyl (C=O) groups is 2. The summed E-state index contributed by atoms with van der Waals surface area (Å²) in [6.45, 7) is 3.54. The van der Waals surface area contributed by atoms with Gasteiger partial charge in [0.2, 0.25) is 5.91 Å². The van der Waals surface area contributed by atoms with Crippen molar-refractivity contribution in [3.8, 4) is 0 Å². The molecule has 0 aromatic carbocycles. The minimum atomic E-state index is -1.02. The van der Waals surface area contributed by atoms with E-state index in [-0.39, 0.29) is 5.91 Å². The van der Waals surface area contributed by atoms with Crippen molar-refractivity contribution in [1.82, 2.24) is 5.32 Å². The fraction of sp³-hybridized carbons (Fsp3) is 0.667. The topological polar surface area (TPSA) is 66.4 Å². The molecule has 0 spiro atoms. The number of hydrogen-bond acceptors (Lipinski definition) is 2. The van der Waals surface area contributed by atoms with Gasteiger partial charge in [-0.25, -0.2) is 4.79 Å². The molecule has 0 radical (unpaired) electrons. The third-order valence-electron chi connectivity index (χ3n) is 3.07. The number of carboxylic acids is 1. The molecule has 0 aromatic rings. The van der Waals surface area contributed by atoms with E-state index in [9.17, 15) is 14.7 Å². The molecule has 0 atom stereocenters. The van der Waals surface area contributed by atoms with Crippen molar-refractivity contribution in [3.05, 3.63) is 12.7 Å². The van der Waals surface area contributed by atoms with Crippen LogP contribution in [0.3, 0.4) is 0 Å². The first kappa shape index (κ1) is 12.7. The van der Waals surface area contributed by atoms with E-state index in [1.807, 2.05) is 0 Å². The lowest BCUT2D eigenvalue weighted by atomic mass is 9.81. The van der Waals surface area contributed by atoms with Crippen molar-refractivity contribution < 1.29 is 14.7 Å². The molecule has 4 heteroatoms. The first-order chi connectivity index (χ1) is 7.60. The van der Waals surface area contributed by atoms with Gasteiger partial charge >= 0.3 is 5.97 Å². The molecule has 0 aliphatic heterocycles. The smallest absolute Gasteiger partial charge is 0.329 e. The molecule has 1 saturated carbocycles. The van der Waals surface area contributed by atoms with Crippen LogP contribution in [0, 0.1) is 0 Å². The Hall–Kier alpha value is -1.32. The van der Waals surface area contributed by atoms with Crippen molar-refractivity contribution in [3.63, 3.8) is 0 Å². The molecule has 1 aliphatic carbocycles. The summed E-state index contributed by atoms with van der Waals surface area (Å²) >= 11 is 0. The summed E-state index contributed by atoms with van der Waals surface area (Å²) in [4.78, 5) is 22.8. The quantitative estimate of drug-likeness (QED) is 0.702. The molecular formula is C12H19NO3. The maximum absolute atomic E-state index is 11.6. The molecule has 90 valence electrons. The Morgan fingerprint density at radius 1 is 1.31 bits per heavy atom. The molecule has 1 rings (SSSR count). The Labute approximate surface area is 95.7 Å². The second-order valence-electron chi connectivity index (χ2n) is 4.32. The standard InChI is InChI=1S/C12H19NO3/c1-2-3-7-10(14)13-12(11(15)16)8-5-4-6-9-12/h2H,1,3-9H2,(H,13,14)(H,15,16). The summed E-state index contributed by atoms with van der Waals surface area (Å²) in [6.07, 6.45) is 6.44. The largest absolute Gasteiger partial charge is 0.480 e. The van der Waals surface area contributed by atoms with Gasteiger partial charge in [-0.1, -0.05) is 25.3 Å². The fourth-order valence-corrected chi connectivity index (χ4v) is 2.11. The zero-order valence-electron chi connectivity index (χ0n) is 9.50. The summed E-state index contributed by atoms with van der Waals surface area (Å²) in [5, 5.41) is 11.9. The van der Waals surface area contributed by atoms with Gasteiger partial charge < -0.3 is 10.4 Å². The Kier molecular flexibility index (Phi) is 4.52. The maximum Gasteiger partial charge on any atom is 0.329 e. The van der Waals surface area contributed by atoms with E-state index in [0.29, 0.717) is 25.7 Å². The van der Waals surface area contributed by atoms with Crippen molar-refractivity contribution in [1.29, 1.82) is 0 Å². The molecule has 16 heavy (non-hydrogen) atoms. The number of hydrogen-bond donors (Lipinski definition) is 2. The van der Waals surface area contributed by atoms with Crippen LogP contribution in [0.2, 0.25) is 0 Å². The molecule has 1 amide bonds. The number of carbonyl (C=O) groups excluding carboxylic acids is 1. The minimum Gasteiger partial charge on any atom is -0.480 e. The predicted molar refractivity (Wildman–Crippen MR) is 61.0 cm³/mol. The maximum atomic E-state index is 11.6. The third-order valence-corrected chi connectivity index (χ3v) is 3.07. The van der Waals surface area contributed by atoms with Crippen molar-refractivity contribution >= 4 is 11.9 Å². The van der Waals surface area contributed by atoms with Crippen LogP contribution in [-0.2, 0) is 9.59 Å². The van der Waals surface area contributed by atoms with Crippen LogP contribution in [0.15, 0.2) is 12.7 Å². The average molecular weight is 225 g/mol. The van der Waals surface area contributed by atoms with E-state index in [4.69, 9.17) is 0 Å². The molecule has 0 saturated heterocycles. The number of allylic oxidation sites excluding steroid dienone is 1. The Morgan fingerprint density at radius 3 is 2.44 bits per heavy atom. The lowest BCUT2D eigenvalue weighted by Crippen LogP contribution is -2.55. The van der Waals surface area contributed by atoms with Gasteiger partial charge in [0.1, 0.15) is 5.54 Å².